The Morgan fingerprint density at radius 3 is 1.64 bits per heavy atom. The van der Waals surface area contributed by atoms with E-state index in [1.807, 2.05) is 5.32 Å². The van der Waals surface area contributed by atoms with Crippen molar-refractivity contribution in [2.75, 3.05) is 6.61 Å². The van der Waals surface area contributed by atoms with Crippen molar-refractivity contribution >= 4 is 29.8 Å². The van der Waals surface area contributed by atoms with Gasteiger partial charge in [-0.3, -0.25) is 19.2 Å². The number of carbonyl (C=O) groups excluding carboxylic acids is 1. The van der Waals surface area contributed by atoms with Crippen LogP contribution in [0, 0.1) is 0 Å². The molecule has 3 unspecified atom stereocenters. The number of nitrogens with two attached hydrogens (primary N) is 2. The van der Waals surface area contributed by atoms with Gasteiger partial charge < -0.3 is 42.3 Å². The van der Waals surface area contributed by atoms with E-state index in [0.29, 0.717) is 0 Å². The maximum atomic E-state index is 11.3. The van der Waals surface area contributed by atoms with Gasteiger partial charge in [-0.1, -0.05) is 0 Å². The summed E-state index contributed by atoms with van der Waals surface area (Å²) in [5.41, 5.74) is 9.99. The number of aliphatic carboxylic acids is 4. The SMILES string of the molecule is NC(CC(=O)O)C(=O)NC(CCC(=O)O)C(=O)O.NC(CO)C(=O)O. The molecule has 13 nitrogen and oxygen atoms in total. The number of rotatable bonds is 10. The number of amides is 1. The first kappa shape index (κ1) is 24.5. The third-order valence-corrected chi connectivity index (χ3v) is 2.51. The average molecular weight is 367 g/mol. The molecule has 25 heavy (non-hydrogen) atoms. The van der Waals surface area contributed by atoms with Gasteiger partial charge in [0.15, 0.2) is 0 Å². The molecule has 13 heteroatoms. The molecule has 0 heterocycles. The van der Waals surface area contributed by atoms with E-state index < -0.39 is 67.4 Å². The summed E-state index contributed by atoms with van der Waals surface area (Å²) in [7, 11) is 0. The molecular weight excluding hydrogens is 346 g/mol. The molecule has 144 valence electrons. The van der Waals surface area contributed by atoms with E-state index in [4.69, 9.17) is 37.0 Å². The van der Waals surface area contributed by atoms with E-state index in [2.05, 4.69) is 0 Å². The summed E-state index contributed by atoms with van der Waals surface area (Å²) in [6, 6.07) is -3.91. The fourth-order valence-corrected chi connectivity index (χ4v) is 1.16. The number of carboxylic acid groups (broad SMARTS) is 4. The third-order valence-electron chi connectivity index (χ3n) is 2.51. The Labute approximate surface area is 141 Å². The molecule has 0 fully saturated rings. The average Bonchev–Trinajstić information content (AvgIpc) is 2.49. The minimum atomic E-state index is -1.41. The molecule has 0 rings (SSSR count). The van der Waals surface area contributed by atoms with Crippen LogP contribution in [-0.2, 0) is 24.0 Å². The summed E-state index contributed by atoms with van der Waals surface area (Å²) < 4.78 is 0. The number of nitrogens with one attached hydrogen (secondary N) is 1. The van der Waals surface area contributed by atoms with Crippen LogP contribution >= 0.6 is 0 Å². The van der Waals surface area contributed by atoms with Gasteiger partial charge in [-0.25, -0.2) is 4.79 Å². The Hall–Kier alpha value is -2.77. The number of carboxylic acids is 4. The zero-order valence-electron chi connectivity index (χ0n) is 13.0. The lowest BCUT2D eigenvalue weighted by Gasteiger charge is -2.16. The minimum absolute atomic E-state index is 0.309. The zero-order valence-corrected chi connectivity index (χ0v) is 13.0. The largest absolute Gasteiger partial charge is 0.481 e. The fourth-order valence-electron chi connectivity index (χ4n) is 1.16. The van der Waals surface area contributed by atoms with Gasteiger partial charge in [0, 0.05) is 6.42 Å². The highest BCUT2D eigenvalue weighted by Crippen LogP contribution is 1.99. The molecule has 0 saturated heterocycles. The van der Waals surface area contributed by atoms with Crippen LogP contribution in [0.3, 0.4) is 0 Å². The maximum absolute atomic E-state index is 11.3. The standard InChI is InChI=1S/C9H14N2O7.C3H7NO3/c10-4(3-7(14)15)8(16)11-5(9(17)18)1-2-6(12)13;4-2(1-5)3(6)7/h4-5H,1-3,10H2,(H,11,16)(H,12,13)(H,14,15)(H,17,18);2,5H,1,4H2,(H,6,7). The molecule has 0 aliphatic carbocycles. The van der Waals surface area contributed by atoms with E-state index >= 15 is 0 Å². The van der Waals surface area contributed by atoms with Crippen molar-refractivity contribution in [3.8, 4) is 0 Å². The van der Waals surface area contributed by atoms with Gasteiger partial charge in [0.2, 0.25) is 5.91 Å². The summed E-state index contributed by atoms with van der Waals surface area (Å²) in [4.78, 5) is 52.3. The van der Waals surface area contributed by atoms with Crippen molar-refractivity contribution in [1.29, 1.82) is 0 Å². The van der Waals surface area contributed by atoms with Crippen molar-refractivity contribution in [3.05, 3.63) is 0 Å². The van der Waals surface area contributed by atoms with Crippen molar-refractivity contribution < 1.29 is 49.5 Å². The normalized spacial score (nSPS) is 13.4. The van der Waals surface area contributed by atoms with E-state index in [0.717, 1.165) is 0 Å². The molecule has 0 radical (unpaired) electrons. The highest BCUT2D eigenvalue weighted by molar-refractivity contribution is 5.89. The summed E-state index contributed by atoms with van der Waals surface area (Å²) in [5.74, 6) is -6.04. The zero-order chi connectivity index (χ0) is 20.2. The Morgan fingerprint density at radius 1 is 0.840 bits per heavy atom. The van der Waals surface area contributed by atoms with Crippen molar-refractivity contribution in [2.24, 2.45) is 11.5 Å². The van der Waals surface area contributed by atoms with Crippen LogP contribution in [0.4, 0.5) is 0 Å². The van der Waals surface area contributed by atoms with E-state index in [1.165, 1.54) is 0 Å². The van der Waals surface area contributed by atoms with Crippen molar-refractivity contribution in [3.63, 3.8) is 0 Å². The molecule has 0 aromatic carbocycles. The van der Waals surface area contributed by atoms with E-state index in [-0.39, 0.29) is 6.42 Å². The predicted molar refractivity (Wildman–Crippen MR) is 79.4 cm³/mol. The Bertz CT molecular complexity index is 496. The second-order valence-corrected chi connectivity index (χ2v) is 4.66. The number of aliphatic hydroxyl groups excluding tert-OH is 1. The van der Waals surface area contributed by atoms with Gasteiger partial charge in [0.25, 0.3) is 0 Å². The monoisotopic (exact) mass is 367 g/mol. The highest BCUT2D eigenvalue weighted by Gasteiger charge is 2.24. The topological polar surface area (TPSA) is 251 Å². The van der Waals surface area contributed by atoms with Gasteiger partial charge in [-0.2, -0.15) is 0 Å². The van der Waals surface area contributed by atoms with Crippen LogP contribution in [0.25, 0.3) is 0 Å². The fraction of sp³-hybridized carbons (Fsp3) is 0.583. The van der Waals surface area contributed by atoms with Crippen LogP contribution in [0.1, 0.15) is 19.3 Å². The van der Waals surface area contributed by atoms with Crippen LogP contribution < -0.4 is 16.8 Å². The van der Waals surface area contributed by atoms with Crippen LogP contribution in [-0.4, -0.2) is 80.0 Å². The summed E-state index contributed by atoms with van der Waals surface area (Å²) in [6.07, 6.45) is -1.39. The maximum Gasteiger partial charge on any atom is 0.326 e. The summed E-state index contributed by atoms with van der Waals surface area (Å²) >= 11 is 0. The molecule has 3 atom stereocenters. The first-order valence-corrected chi connectivity index (χ1v) is 6.73. The number of hydrogen-bond acceptors (Lipinski definition) is 8. The van der Waals surface area contributed by atoms with Crippen molar-refractivity contribution in [2.45, 2.75) is 37.4 Å². The molecular formula is C12H21N3O10. The van der Waals surface area contributed by atoms with Crippen LogP contribution in [0.2, 0.25) is 0 Å². The van der Waals surface area contributed by atoms with E-state index in [1.54, 1.807) is 0 Å². The predicted octanol–water partition coefficient (Wildman–Crippen LogP) is -3.39. The second kappa shape index (κ2) is 12.6. The first-order valence-electron chi connectivity index (χ1n) is 6.73. The van der Waals surface area contributed by atoms with Crippen LogP contribution in [0.15, 0.2) is 0 Å². The molecule has 0 spiro atoms. The number of hydrogen-bond donors (Lipinski definition) is 8. The lowest BCUT2D eigenvalue weighted by Crippen LogP contribution is -2.49. The Kier molecular flexibility index (Phi) is 12.4. The smallest absolute Gasteiger partial charge is 0.326 e. The van der Waals surface area contributed by atoms with E-state index in [9.17, 15) is 24.0 Å². The van der Waals surface area contributed by atoms with Gasteiger partial charge in [0.1, 0.15) is 12.1 Å². The van der Waals surface area contributed by atoms with Crippen molar-refractivity contribution in [1.82, 2.24) is 5.32 Å². The lowest BCUT2D eigenvalue weighted by atomic mass is 10.1. The third kappa shape index (κ3) is 13.4. The minimum Gasteiger partial charge on any atom is -0.481 e. The van der Waals surface area contributed by atoms with Gasteiger partial charge in [0.05, 0.1) is 19.1 Å². The molecule has 0 saturated carbocycles. The molecule has 0 aliphatic heterocycles. The Morgan fingerprint density at radius 2 is 1.36 bits per heavy atom. The molecule has 0 aromatic rings. The number of aliphatic hydroxyl groups is 1. The molecule has 0 bridgehead atoms. The Balaban J connectivity index is 0. The molecule has 0 aromatic heterocycles. The highest BCUT2D eigenvalue weighted by atomic mass is 16.4. The van der Waals surface area contributed by atoms with Crippen LogP contribution in [0.5, 0.6) is 0 Å². The van der Waals surface area contributed by atoms with Gasteiger partial charge in [-0.15, -0.1) is 0 Å². The molecule has 0 aliphatic rings. The quantitative estimate of drug-likeness (QED) is 0.188. The molecule has 10 N–H and O–H groups in total. The summed E-state index contributed by atoms with van der Waals surface area (Å²) in [6.45, 7) is -0.505. The molecule has 1 amide bonds. The lowest BCUT2D eigenvalue weighted by molar-refractivity contribution is -0.143. The first-order chi connectivity index (χ1) is 11.4. The number of carbonyl (C=O) groups is 5. The van der Waals surface area contributed by atoms with Gasteiger partial charge >= 0.3 is 23.9 Å². The van der Waals surface area contributed by atoms with Gasteiger partial charge in [-0.05, 0) is 6.42 Å². The summed E-state index contributed by atoms with van der Waals surface area (Å²) in [5, 5.41) is 43.4. The second-order valence-electron chi connectivity index (χ2n) is 4.66.